The van der Waals surface area contributed by atoms with Crippen LogP contribution in [0.3, 0.4) is 0 Å². The molecule has 208 valence electrons. The van der Waals surface area contributed by atoms with Gasteiger partial charge in [-0.3, -0.25) is 14.3 Å². The molecule has 0 saturated carbocycles. The summed E-state index contributed by atoms with van der Waals surface area (Å²) in [4.78, 5) is 32.2. The summed E-state index contributed by atoms with van der Waals surface area (Å²) in [6.07, 6.45) is 7.37. The first-order chi connectivity index (χ1) is 20.0. The minimum absolute atomic E-state index is 0.0845. The zero-order valence-corrected chi connectivity index (χ0v) is 23.0. The van der Waals surface area contributed by atoms with Gasteiger partial charge >= 0.3 is 0 Å². The van der Waals surface area contributed by atoms with Crippen molar-refractivity contribution in [1.29, 1.82) is 5.26 Å². The lowest BCUT2D eigenvalue weighted by Gasteiger charge is -2.21. The van der Waals surface area contributed by atoms with Crippen molar-refractivity contribution in [3.05, 3.63) is 102 Å². The maximum atomic E-state index is 13.4. The SMILES string of the molecule is C[C@H](CNC(C(=O)Nc1ccc(-c2cnn(CC(=O)N3CCCC3)c2)cn1)c1ccccc1)c1ccc(C#N)cc1. The summed E-state index contributed by atoms with van der Waals surface area (Å²) in [6, 6.07) is 22.3. The smallest absolute Gasteiger partial charge is 0.247 e. The number of nitriles is 1. The van der Waals surface area contributed by atoms with E-state index >= 15 is 0 Å². The molecule has 4 aromatic rings. The summed E-state index contributed by atoms with van der Waals surface area (Å²) in [5.41, 5.74) is 4.26. The molecule has 0 bridgehead atoms. The minimum Gasteiger partial charge on any atom is -0.341 e. The van der Waals surface area contributed by atoms with Gasteiger partial charge < -0.3 is 15.5 Å². The number of hydrogen-bond donors (Lipinski definition) is 2. The number of benzene rings is 2. The minimum atomic E-state index is -0.579. The van der Waals surface area contributed by atoms with Gasteiger partial charge in [0.2, 0.25) is 11.8 Å². The molecule has 9 nitrogen and oxygen atoms in total. The highest BCUT2D eigenvalue weighted by atomic mass is 16.2. The number of likely N-dealkylation sites (tertiary alicyclic amines) is 1. The molecule has 1 fully saturated rings. The highest BCUT2D eigenvalue weighted by Gasteiger charge is 2.22. The van der Waals surface area contributed by atoms with Crippen molar-refractivity contribution in [3.63, 3.8) is 0 Å². The van der Waals surface area contributed by atoms with Crippen LogP contribution < -0.4 is 10.6 Å². The molecular formula is C32H33N7O2. The lowest BCUT2D eigenvalue weighted by Crippen LogP contribution is -2.35. The van der Waals surface area contributed by atoms with Gasteiger partial charge in [-0.25, -0.2) is 4.98 Å². The fourth-order valence-corrected chi connectivity index (χ4v) is 4.95. The van der Waals surface area contributed by atoms with E-state index in [9.17, 15) is 9.59 Å². The van der Waals surface area contributed by atoms with Crippen LogP contribution >= 0.6 is 0 Å². The molecule has 0 radical (unpaired) electrons. The monoisotopic (exact) mass is 547 g/mol. The number of aromatic nitrogens is 3. The van der Waals surface area contributed by atoms with Crippen LogP contribution in [0.25, 0.3) is 11.1 Å². The second-order valence-electron chi connectivity index (χ2n) is 10.3. The molecule has 41 heavy (non-hydrogen) atoms. The summed E-state index contributed by atoms with van der Waals surface area (Å²) in [5, 5.41) is 19.8. The Bertz CT molecular complexity index is 1500. The van der Waals surface area contributed by atoms with Crippen LogP contribution in [0, 0.1) is 11.3 Å². The lowest BCUT2D eigenvalue weighted by atomic mass is 9.98. The predicted molar refractivity (Wildman–Crippen MR) is 157 cm³/mol. The Hall–Kier alpha value is -4.81. The molecule has 0 spiro atoms. The Morgan fingerprint density at radius 2 is 1.71 bits per heavy atom. The van der Waals surface area contributed by atoms with Crippen molar-refractivity contribution in [1.82, 2.24) is 25.0 Å². The molecule has 2 atom stereocenters. The lowest BCUT2D eigenvalue weighted by molar-refractivity contribution is -0.131. The number of anilines is 1. The summed E-state index contributed by atoms with van der Waals surface area (Å²) in [5.74, 6) is 0.446. The van der Waals surface area contributed by atoms with Crippen molar-refractivity contribution in [2.75, 3.05) is 25.0 Å². The Kier molecular flexibility index (Phi) is 8.82. The molecule has 3 heterocycles. The van der Waals surface area contributed by atoms with Gasteiger partial charge in [0.25, 0.3) is 0 Å². The third-order valence-corrected chi connectivity index (χ3v) is 7.37. The normalized spacial score (nSPS) is 14.3. The van der Waals surface area contributed by atoms with E-state index in [-0.39, 0.29) is 24.3 Å². The number of pyridine rings is 1. The van der Waals surface area contributed by atoms with E-state index < -0.39 is 6.04 Å². The first kappa shape index (κ1) is 27.7. The average Bonchev–Trinajstić information content (AvgIpc) is 3.71. The zero-order chi connectivity index (χ0) is 28.6. The van der Waals surface area contributed by atoms with E-state index in [4.69, 9.17) is 5.26 Å². The van der Waals surface area contributed by atoms with Crippen LogP contribution in [0.2, 0.25) is 0 Å². The van der Waals surface area contributed by atoms with Crippen LogP contribution in [-0.4, -0.2) is 51.1 Å². The van der Waals surface area contributed by atoms with Crippen LogP contribution in [0.5, 0.6) is 0 Å². The Labute approximate surface area is 239 Å². The van der Waals surface area contributed by atoms with E-state index in [0.717, 1.165) is 48.2 Å². The summed E-state index contributed by atoms with van der Waals surface area (Å²) in [6.45, 7) is 4.51. The van der Waals surface area contributed by atoms with Gasteiger partial charge in [0.05, 0.1) is 17.8 Å². The number of nitrogens with one attached hydrogen (secondary N) is 2. The third kappa shape index (κ3) is 7.04. The number of hydrogen-bond acceptors (Lipinski definition) is 6. The summed E-state index contributed by atoms with van der Waals surface area (Å²) < 4.78 is 1.65. The van der Waals surface area contributed by atoms with Crippen molar-refractivity contribution < 1.29 is 9.59 Å². The predicted octanol–water partition coefficient (Wildman–Crippen LogP) is 4.51. The molecule has 2 aromatic heterocycles. The molecular weight excluding hydrogens is 514 g/mol. The van der Waals surface area contributed by atoms with Crippen molar-refractivity contribution in [2.24, 2.45) is 0 Å². The molecule has 0 aliphatic carbocycles. The van der Waals surface area contributed by atoms with E-state index in [2.05, 4.69) is 33.7 Å². The zero-order valence-electron chi connectivity index (χ0n) is 23.0. The second kappa shape index (κ2) is 13.0. The molecule has 2 amide bonds. The molecule has 5 rings (SSSR count). The van der Waals surface area contributed by atoms with Crippen LogP contribution in [-0.2, 0) is 16.1 Å². The second-order valence-corrected chi connectivity index (χ2v) is 10.3. The average molecular weight is 548 g/mol. The molecule has 1 aliphatic rings. The maximum Gasteiger partial charge on any atom is 0.247 e. The molecule has 2 aromatic carbocycles. The molecule has 1 saturated heterocycles. The maximum absolute atomic E-state index is 13.4. The van der Waals surface area contributed by atoms with Crippen molar-refractivity contribution >= 4 is 17.6 Å². The van der Waals surface area contributed by atoms with Gasteiger partial charge in [-0.05, 0) is 54.2 Å². The van der Waals surface area contributed by atoms with Crippen LogP contribution in [0.15, 0.2) is 85.3 Å². The largest absolute Gasteiger partial charge is 0.341 e. The van der Waals surface area contributed by atoms with Gasteiger partial charge in [-0.2, -0.15) is 10.4 Å². The first-order valence-corrected chi connectivity index (χ1v) is 13.9. The summed E-state index contributed by atoms with van der Waals surface area (Å²) in [7, 11) is 0. The standard InChI is InChI=1S/C32H33N7O2/c1-23(25-11-9-24(17-33)10-12-25)18-35-31(26-7-3-2-4-8-26)32(41)37-29-14-13-27(19-34-29)28-20-36-39(21-28)22-30(40)38-15-5-6-16-38/h2-4,7-14,19-21,23,31,35H,5-6,15-16,18,22H2,1H3,(H,34,37,41)/t23-,31?/m1/s1. The van der Waals surface area contributed by atoms with Gasteiger partial charge in [-0.15, -0.1) is 0 Å². The van der Waals surface area contributed by atoms with Gasteiger partial charge in [0.1, 0.15) is 18.4 Å². The number of carbonyl (C=O) groups excluding carboxylic acids is 2. The van der Waals surface area contributed by atoms with Crippen LogP contribution in [0.1, 0.15) is 48.4 Å². The van der Waals surface area contributed by atoms with Crippen LogP contribution in [0.4, 0.5) is 5.82 Å². The van der Waals surface area contributed by atoms with E-state index in [1.807, 2.05) is 71.8 Å². The van der Waals surface area contributed by atoms with E-state index in [0.29, 0.717) is 17.9 Å². The fourth-order valence-electron chi connectivity index (χ4n) is 4.95. The van der Waals surface area contributed by atoms with E-state index in [1.165, 1.54) is 0 Å². The summed E-state index contributed by atoms with van der Waals surface area (Å²) >= 11 is 0. The number of rotatable bonds is 10. The molecule has 2 N–H and O–H groups in total. The number of nitrogens with zero attached hydrogens (tertiary/aromatic N) is 5. The van der Waals surface area contributed by atoms with E-state index in [1.54, 1.807) is 23.1 Å². The fraction of sp³-hybridized carbons (Fsp3) is 0.281. The van der Waals surface area contributed by atoms with Gasteiger partial charge in [-0.1, -0.05) is 49.4 Å². The van der Waals surface area contributed by atoms with Gasteiger partial charge in [0, 0.05) is 43.2 Å². The Morgan fingerprint density at radius 3 is 2.39 bits per heavy atom. The first-order valence-electron chi connectivity index (χ1n) is 13.9. The van der Waals surface area contributed by atoms with Crippen molar-refractivity contribution in [3.8, 4) is 17.2 Å². The topological polar surface area (TPSA) is 116 Å². The Balaban J connectivity index is 1.22. The Morgan fingerprint density at radius 1 is 0.951 bits per heavy atom. The number of amides is 2. The quantitative estimate of drug-likeness (QED) is 0.302. The van der Waals surface area contributed by atoms with Gasteiger partial charge in [0.15, 0.2) is 0 Å². The third-order valence-electron chi connectivity index (χ3n) is 7.37. The molecule has 1 aliphatic heterocycles. The van der Waals surface area contributed by atoms with Crippen molar-refractivity contribution in [2.45, 2.75) is 38.3 Å². The molecule has 1 unspecified atom stereocenters. The highest BCUT2D eigenvalue weighted by Crippen LogP contribution is 2.22. The number of carbonyl (C=O) groups is 2. The molecule has 9 heteroatoms. The highest BCUT2D eigenvalue weighted by molar-refractivity contribution is 5.95.